The van der Waals surface area contributed by atoms with Crippen LogP contribution in [0.5, 0.6) is 17.4 Å². The first-order chi connectivity index (χ1) is 13.3. The van der Waals surface area contributed by atoms with Gasteiger partial charge in [-0.1, -0.05) is 13.8 Å². The van der Waals surface area contributed by atoms with Gasteiger partial charge in [0.25, 0.3) is 5.91 Å². The maximum absolute atomic E-state index is 12.4. The van der Waals surface area contributed by atoms with Crippen LogP contribution in [-0.4, -0.2) is 45.8 Å². The van der Waals surface area contributed by atoms with E-state index in [0.717, 1.165) is 19.5 Å². The Labute approximate surface area is 164 Å². The van der Waals surface area contributed by atoms with Gasteiger partial charge in [-0.15, -0.1) is 0 Å². The SMILES string of the molecule is CC(C)Oc1cc(Oc2cnc(C(=O)N3CCC3)cn2)cc(C(=O)C(C)C)c1. The first kappa shape index (κ1) is 19.8. The first-order valence-corrected chi connectivity index (χ1v) is 9.48. The number of nitrogens with zero attached hydrogens (tertiary/aromatic N) is 3. The molecule has 28 heavy (non-hydrogen) atoms. The van der Waals surface area contributed by atoms with E-state index in [-0.39, 0.29) is 29.6 Å². The predicted octanol–water partition coefficient (Wildman–Crippen LogP) is 3.74. The maximum atomic E-state index is 12.4. The number of ketones is 1. The number of benzene rings is 1. The second-order valence-corrected chi connectivity index (χ2v) is 7.37. The highest BCUT2D eigenvalue weighted by molar-refractivity contribution is 5.98. The Morgan fingerprint density at radius 3 is 2.25 bits per heavy atom. The third-order valence-electron chi connectivity index (χ3n) is 4.27. The Balaban J connectivity index is 1.80. The summed E-state index contributed by atoms with van der Waals surface area (Å²) in [5.41, 5.74) is 0.806. The minimum absolute atomic E-state index is 0.000586. The van der Waals surface area contributed by atoms with Gasteiger partial charge in [-0.05, 0) is 32.4 Å². The zero-order valence-corrected chi connectivity index (χ0v) is 16.6. The molecule has 0 radical (unpaired) electrons. The number of aromatic nitrogens is 2. The molecule has 1 amide bonds. The normalized spacial score (nSPS) is 13.4. The Hall–Kier alpha value is -2.96. The van der Waals surface area contributed by atoms with Crippen molar-refractivity contribution in [1.29, 1.82) is 0 Å². The predicted molar refractivity (Wildman–Crippen MR) is 104 cm³/mol. The highest BCUT2D eigenvalue weighted by Crippen LogP contribution is 2.28. The Morgan fingerprint density at radius 2 is 1.71 bits per heavy atom. The fourth-order valence-electron chi connectivity index (χ4n) is 2.73. The van der Waals surface area contributed by atoms with E-state index in [4.69, 9.17) is 9.47 Å². The number of rotatable bonds is 7. The zero-order valence-electron chi connectivity index (χ0n) is 16.6. The molecule has 2 heterocycles. The van der Waals surface area contributed by atoms with E-state index in [0.29, 0.717) is 22.8 Å². The van der Waals surface area contributed by atoms with E-state index in [2.05, 4.69) is 9.97 Å². The summed E-state index contributed by atoms with van der Waals surface area (Å²) in [5.74, 6) is 0.953. The topological polar surface area (TPSA) is 81.6 Å². The lowest BCUT2D eigenvalue weighted by Gasteiger charge is -2.30. The standard InChI is InChI=1S/C21H25N3O4/c1-13(2)20(25)15-8-16(27-14(3)4)10-17(9-15)28-19-12-22-18(11-23-19)21(26)24-6-5-7-24/h8-14H,5-7H2,1-4H3. The average Bonchev–Trinajstić information content (AvgIpc) is 2.59. The number of likely N-dealkylation sites (tertiary alicyclic amines) is 1. The summed E-state index contributed by atoms with van der Waals surface area (Å²) in [6.07, 6.45) is 3.80. The highest BCUT2D eigenvalue weighted by atomic mass is 16.5. The average molecular weight is 383 g/mol. The molecule has 148 valence electrons. The van der Waals surface area contributed by atoms with Crippen molar-refractivity contribution in [2.24, 2.45) is 5.92 Å². The van der Waals surface area contributed by atoms with E-state index >= 15 is 0 Å². The second kappa shape index (κ2) is 8.37. The monoisotopic (exact) mass is 383 g/mol. The minimum Gasteiger partial charge on any atom is -0.491 e. The van der Waals surface area contributed by atoms with Crippen molar-refractivity contribution in [2.75, 3.05) is 13.1 Å². The maximum Gasteiger partial charge on any atom is 0.274 e. The largest absolute Gasteiger partial charge is 0.491 e. The van der Waals surface area contributed by atoms with Crippen LogP contribution in [0.3, 0.4) is 0 Å². The molecule has 0 unspecified atom stereocenters. The molecule has 1 aliphatic rings. The lowest BCUT2D eigenvalue weighted by molar-refractivity contribution is 0.0645. The molecule has 7 nitrogen and oxygen atoms in total. The molecule has 2 aromatic rings. The molecule has 7 heteroatoms. The van der Waals surface area contributed by atoms with Crippen LogP contribution in [0.25, 0.3) is 0 Å². The van der Waals surface area contributed by atoms with Crippen LogP contribution in [0.4, 0.5) is 0 Å². The Kier molecular flexibility index (Phi) is 5.92. The quantitative estimate of drug-likeness (QED) is 0.678. The molecule has 1 fully saturated rings. The van der Waals surface area contributed by atoms with Crippen molar-refractivity contribution in [3.05, 3.63) is 41.9 Å². The summed E-state index contributed by atoms with van der Waals surface area (Å²) in [7, 11) is 0. The molecule has 1 aromatic carbocycles. The number of ether oxygens (including phenoxy) is 2. The smallest absolute Gasteiger partial charge is 0.274 e. The molecule has 3 rings (SSSR count). The highest BCUT2D eigenvalue weighted by Gasteiger charge is 2.23. The summed E-state index contributed by atoms with van der Waals surface area (Å²) >= 11 is 0. The Morgan fingerprint density at radius 1 is 1.00 bits per heavy atom. The second-order valence-electron chi connectivity index (χ2n) is 7.37. The van der Waals surface area contributed by atoms with Crippen LogP contribution < -0.4 is 9.47 Å². The number of carbonyl (C=O) groups excluding carboxylic acids is 2. The van der Waals surface area contributed by atoms with Crippen molar-refractivity contribution in [2.45, 2.75) is 40.2 Å². The molecule has 0 saturated carbocycles. The molecule has 0 aliphatic carbocycles. The van der Waals surface area contributed by atoms with E-state index in [1.807, 2.05) is 27.7 Å². The van der Waals surface area contributed by atoms with Crippen LogP contribution in [0.2, 0.25) is 0 Å². The minimum atomic E-state index is -0.145. The van der Waals surface area contributed by atoms with Crippen molar-refractivity contribution in [1.82, 2.24) is 14.9 Å². The van der Waals surface area contributed by atoms with Crippen LogP contribution in [-0.2, 0) is 0 Å². The van der Waals surface area contributed by atoms with Gasteiger partial charge in [0.15, 0.2) is 5.78 Å². The van der Waals surface area contributed by atoms with E-state index in [9.17, 15) is 9.59 Å². The number of hydrogen-bond donors (Lipinski definition) is 0. The number of hydrogen-bond acceptors (Lipinski definition) is 6. The third kappa shape index (κ3) is 4.65. The molecular weight excluding hydrogens is 358 g/mol. The van der Waals surface area contributed by atoms with Gasteiger partial charge >= 0.3 is 0 Å². The molecule has 0 N–H and O–H groups in total. The van der Waals surface area contributed by atoms with E-state index < -0.39 is 0 Å². The molecule has 1 aromatic heterocycles. The first-order valence-electron chi connectivity index (χ1n) is 9.48. The number of amides is 1. The van der Waals surface area contributed by atoms with Crippen LogP contribution in [0, 0.1) is 5.92 Å². The van der Waals surface area contributed by atoms with Gasteiger partial charge in [-0.3, -0.25) is 9.59 Å². The summed E-state index contributed by atoms with van der Waals surface area (Å²) in [5, 5.41) is 0. The van der Waals surface area contributed by atoms with Gasteiger partial charge in [0, 0.05) is 30.6 Å². The molecule has 1 aliphatic heterocycles. The van der Waals surface area contributed by atoms with Crippen LogP contribution >= 0.6 is 0 Å². The van der Waals surface area contributed by atoms with Gasteiger partial charge in [0.05, 0.1) is 18.5 Å². The van der Waals surface area contributed by atoms with Gasteiger partial charge in [-0.2, -0.15) is 0 Å². The molecule has 1 saturated heterocycles. The van der Waals surface area contributed by atoms with Crippen molar-refractivity contribution < 1.29 is 19.1 Å². The Bertz CT molecular complexity index is 858. The molecule has 0 spiro atoms. The number of carbonyl (C=O) groups is 2. The lowest BCUT2D eigenvalue weighted by atomic mass is 10.0. The summed E-state index contributed by atoms with van der Waals surface area (Å²) in [6, 6.07) is 5.09. The van der Waals surface area contributed by atoms with Gasteiger partial charge < -0.3 is 14.4 Å². The fourth-order valence-corrected chi connectivity index (χ4v) is 2.73. The third-order valence-corrected chi connectivity index (χ3v) is 4.27. The summed E-state index contributed by atoms with van der Waals surface area (Å²) < 4.78 is 11.5. The van der Waals surface area contributed by atoms with Crippen LogP contribution in [0.15, 0.2) is 30.6 Å². The van der Waals surface area contributed by atoms with Gasteiger partial charge in [-0.25, -0.2) is 9.97 Å². The number of Topliss-reactive ketones (excluding diaryl/α,β-unsaturated/α-hetero) is 1. The van der Waals surface area contributed by atoms with E-state index in [1.54, 1.807) is 23.1 Å². The van der Waals surface area contributed by atoms with Gasteiger partial charge in [0.2, 0.25) is 5.88 Å². The lowest BCUT2D eigenvalue weighted by Crippen LogP contribution is -2.42. The summed E-state index contributed by atoms with van der Waals surface area (Å²) in [4.78, 5) is 34.6. The van der Waals surface area contributed by atoms with Crippen molar-refractivity contribution in [3.63, 3.8) is 0 Å². The van der Waals surface area contributed by atoms with Gasteiger partial charge in [0.1, 0.15) is 17.2 Å². The molecule has 0 atom stereocenters. The van der Waals surface area contributed by atoms with Crippen molar-refractivity contribution >= 4 is 11.7 Å². The molecule has 0 bridgehead atoms. The van der Waals surface area contributed by atoms with E-state index in [1.165, 1.54) is 12.4 Å². The zero-order chi connectivity index (χ0) is 20.3. The fraction of sp³-hybridized carbons (Fsp3) is 0.429. The molecular formula is C21H25N3O4. The van der Waals surface area contributed by atoms with Crippen LogP contribution in [0.1, 0.15) is 55.0 Å². The summed E-state index contributed by atoms with van der Waals surface area (Å²) in [6.45, 7) is 9.03. The van der Waals surface area contributed by atoms with Crippen molar-refractivity contribution in [3.8, 4) is 17.4 Å².